The molecule has 1 aromatic heterocycles. The van der Waals surface area contributed by atoms with Gasteiger partial charge in [0.15, 0.2) is 0 Å². The molecule has 1 saturated carbocycles. The first-order valence-electron chi connectivity index (χ1n) is 13.6. The Morgan fingerprint density at radius 3 is 2.65 bits per heavy atom. The van der Waals surface area contributed by atoms with E-state index in [4.69, 9.17) is 14.8 Å². The van der Waals surface area contributed by atoms with E-state index >= 15 is 0 Å². The van der Waals surface area contributed by atoms with Crippen molar-refractivity contribution >= 4 is 32.7 Å². The number of sulfonamides is 1. The fourth-order valence-corrected chi connectivity index (χ4v) is 7.38. The molecule has 0 atom stereocenters. The van der Waals surface area contributed by atoms with Crippen LogP contribution in [-0.4, -0.2) is 78.3 Å². The SMILES string of the molecule is O=C1NC(C2CCCCC2)=NC12CCN(S(=O)(=O)CCc1ccc3c(ccn3CCOCCO)c1)CC2. The first kappa shape index (κ1) is 26.3. The monoisotopic (exact) mass is 530 g/mol. The van der Waals surface area contributed by atoms with E-state index in [9.17, 15) is 13.2 Å². The Labute approximate surface area is 218 Å². The number of hydrogen-bond donors (Lipinski definition) is 2. The number of hydrogen-bond acceptors (Lipinski definition) is 6. The van der Waals surface area contributed by atoms with Crippen molar-refractivity contribution in [1.82, 2.24) is 14.2 Å². The third kappa shape index (κ3) is 5.77. The Bertz CT molecular complexity index is 1240. The maximum Gasteiger partial charge on any atom is 0.253 e. The fraction of sp³-hybridized carbons (Fsp3) is 0.630. The first-order chi connectivity index (χ1) is 17.9. The molecule has 1 amide bonds. The number of aliphatic hydroxyl groups is 1. The predicted octanol–water partition coefficient (Wildman–Crippen LogP) is 2.47. The molecule has 2 aromatic rings. The lowest BCUT2D eigenvalue weighted by Crippen LogP contribution is -2.51. The van der Waals surface area contributed by atoms with Gasteiger partial charge in [-0.25, -0.2) is 12.7 Å². The number of amides is 1. The van der Waals surface area contributed by atoms with Crippen molar-refractivity contribution in [2.24, 2.45) is 10.9 Å². The summed E-state index contributed by atoms with van der Waals surface area (Å²) in [6, 6.07) is 8.08. The van der Waals surface area contributed by atoms with Gasteiger partial charge in [-0.1, -0.05) is 25.3 Å². The maximum absolute atomic E-state index is 13.1. The number of piperidine rings is 1. The summed E-state index contributed by atoms with van der Waals surface area (Å²) < 4.78 is 35.3. The molecule has 2 aliphatic heterocycles. The number of fused-ring (bicyclic) bond motifs is 1. The quantitative estimate of drug-likeness (QED) is 0.458. The van der Waals surface area contributed by atoms with Crippen LogP contribution in [0.5, 0.6) is 0 Å². The lowest BCUT2D eigenvalue weighted by molar-refractivity contribution is -0.125. The van der Waals surface area contributed by atoms with Gasteiger partial charge < -0.3 is 19.7 Å². The Morgan fingerprint density at radius 1 is 1.11 bits per heavy atom. The van der Waals surface area contributed by atoms with E-state index in [1.165, 1.54) is 19.3 Å². The minimum Gasteiger partial charge on any atom is -0.394 e. The molecular formula is C27H38N4O5S. The average molecular weight is 531 g/mol. The van der Waals surface area contributed by atoms with Gasteiger partial charge in [-0.05, 0) is 61.3 Å². The molecule has 0 bridgehead atoms. The predicted molar refractivity (Wildman–Crippen MR) is 143 cm³/mol. The molecule has 0 unspecified atom stereocenters. The number of ether oxygens (including phenoxy) is 1. The molecule has 3 heterocycles. The Balaban J connectivity index is 1.16. The van der Waals surface area contributed by atoms with Crippen LogP contribution in [0.25, 0.3) is 10.9 Å². The minimum atomic E-state index is -3.43. The standard InChI is InChI=1S/C27H38N4O5S/c32-16-18-36-17-15-30-12-8-23-20-21(6-7-24(23)30)9-19-37(34,35)31-13-10-27(11-14-31)26(33)28-25(29-27)22-4-2-1-3-5-22/h6-8,12,20,22,32H,1-5,9-11,13-19H2,(H,28,29,33). The molecule has 1 spiro atoms. The zero-order chi connectivity index (χ0) is 25.9. The normalized spacial score (nSPS) is 21.0. The number of nitrogens with one attached hydrogen (secondary N) is 1. The highest BCUT2D eigenvalue weighted by atomic mass is 32.2. The summed E-state index contributed by atoms with van der Waals surface area (Å²) >= 11 is 0. The summed E-state index contributed by atoms with van der Waals surface area (Å²) in [6.45, 7) is 2.22. The van der Waals surface area contributed by atoms with Gasteiger partial charge in [0.2, 0.25) is 10.0 Å². The number of nitrogens with zero attached hydrogens (tertiary/aromatic N) is 3. The lowest BCUT2D eigenvalue weighted by Gasteiger charge is -2.34. The fourth-order valence-electron chi connectivity index (χ4n) is 5.89. The number of carbonyl (C=O) groups excluding carboxylic acids is 1. The Kier molecular flexibility index (Phi) is 7.99. The number of carbonyl (C=O) groups is 1. The van der Waals surface area contributed by atoms with E-state index < -0.39 is 15.6 Å². The molecule has 37 heavy (non-hydrogen) atoms. The number of aliphatic imine (C=N–C) groups is 1. The molecule has 10 heteroatoms. The second kappa shape index (κ2) is 11.2. The van der Waals surface area contributed by atoms with Crippen LogP contribution in [0.1, 0.15) is 50.5 Å². The van der Waals surface area contributed by atoms with Crippen LogP contribution in [-0.2, 0) is 32.5 Å². The van der Waals surface area contributed by atoms with Crippen molar-refractivity contribution in [1.29, 1.82) is 0 Å². The van der Waals surface area contributed by atoms with E-state index in [0.717, 1.165) is 35.1 Å². The zero-order valence-electron chi connectivity index (χ0n) is 21.4. The van der Waals surface area contributed by atoms with E-state index in [0.29, 0.717) is 58.0 Å². The zero-order valence-corrected chi connectivity index (χ0v) is 22.2. The number of rotatable bonds is 10. The van der Waals surface area contributed by atoms with Crippen molar-refractivity contribution < 1.29 is 23.1 Å². The van der Waals surface area contributed by atoms with Gasteiger partial charge in [-0.2, -0.15) is 0 Å². The maximum atomic E-state index is 13.1. The third-order valence-corrected chi connectivity index (χ3v) is 10.0. The van der Waals surface area contributed by atoms with E-state index in [2.05, 4.69) is 9.88 Å². The van der Waals surface area contributed by atoms with Crippen molar-refractivity contribution in [3.05, 3.63) is 36.0 Å². The molecule has 2 N–H and O–H groups in total. The third-order valence-electron chi connectivity index (χ3n) is 8.13. The number of aliphatic hydroxyl groups excluding tert-OH is 1. The molecule has 202 valence electrons. The highest BCUT2D eigenvalue weighted by Crippen LogP contribution is 2.35. The van der Waals surface area contributed by atoms with Crippen LogP contribution >= 0.6 is 0 Å². The highest BCUT2D eigenvalue weighted by Gasteiger charge is 2.48. The molecule has 1 aromatic carbocycles. The molecule has 1 aliphatic carbocycles. The topological polar surface area (TPSA) is 113 Å². The number of aromatic nitrogens is 1. The summed E-state index contributed by atoms with van der Waals surface area (Å²) in [5.74, 6) is 1.17. The summed E-state index contributed by atoms with van der Waals surface area (Å²) in [4.78, 5) is 17.7. The summed E-state index contributed by atoms with van der Waals surface area (Å²) in [5.41, 5.74) is 1.26. The van der Waals surface area contributed by atoms with E-state index in [1.807, 2.05) is 30.5 Å². The van der Waals surface area contributed by atoms with E-state index in [1.54, 1.807) is 4.31 Å². The van der Waals surface area contributed by atoms with Crippen LogP contribution in [0.4, 0.5) is 0 Å². The van der Waals surface area contributed by atoms with Gasteiger partial charge in [0.05, 0.1) is 25.6 Å². The van der Waals surface area contributed by atoms with Crippen molar-refractivity contribution in [3.8, 4) is 0 Å². The summed E-state index contributed by atoms with van der Waals surface area (Å²) in [7, 11) is -3.43. The van der Waals surface area contributed by atoms with E-state index in [-0.39, 0.29) is 18.3 Å². The molecule has 2 fully saturated rings. The molecule has 1 saturated heterocycles. The Hall–Kier alpha value is -2.27. The first-order valence-corrected chi connectivity index (χ1v) is 15.2. The van der Waals surface area contributed by atoms with Gasteiger partial charge >= 0.3 is 0 Å². The second-order valence-corrected chi connectivity index (χ2v) is 12.6. The highest BCUT2D eigenvalue weighted by molar-refractivity contribution is 7.89. The van der Waals surface area contributed by atoms with Crippen molar-refractivity contribution in [2.75, 3.05) is 38.7 Å². The molecule has 5 rings (SSSR count). The van der Waals surface area contributed by atoms with Crippen molar-refractivity contribution in [3.63, 3.8) is 0 Å². The molecule has 9 nitrogen and oxygen atoms in total. The number of benzene rings is 1. The summed E-state index contributed by atoms with van der Waals surface area (Å²) in [5, 5.41) is 12.9. The largest absolute Gasteiger partial charge is 0.394 e. The second-order valence-electron chi connectivity index (χ2n) is 10.5. The average Bonchev–Trinajstić information content (AvgIpc) is 3.46. The van der Waals surface area contributed by atoms with Gasteiger partial charge in [0.1, 0.15) is 11.4 Å². The van der Waals surface area contributed by atoms with Crippen LogP contribution in [0.2, 0.25) is 0 Å². The minimum absolute atomic E-state index is 0.0155. The van der Waals surface area contributed by atoms with Gasteiger partial charge in [-0.15, -0.1) is 0 Å². The van der Waals surface area contributed by atoms with Gasteiger partial charge in [-0.3, -0.25) is 9.79 Å². The smallest absolute Gasteiger partial charge is 0.253 e. The summed E-state index contributed by atoms with van der Waals surface area (Å²) in [6.07, 6.45) is 9.07. The molecule has 0 radical (unpaired) electrons. The molecule has 3 aliphatic rings. The molecular weight excluding hydrogens is 492 g/mol. The van der Waals surface area contributed by atoms with Gasteiger partial charge in [0, 0.05) is 37.3 Å². The van der Waals surface area contributed by atoms with Crippen molar-refractivity contribution in [2.45, 2.75) is 63.5 Å². The number of amidine groups is 1. The van der Waals surface area contributed by atoms with Crippen LogP contribution in [0.3, 0.4) is 0 Å². The van der Waals surface area contributed by atoms with Crippen LogP contribution in [0, 0.1) is 5.92 Å². The Morgan fingerprint density at radius 2 is 1.89 bits per heavy atom. The number of aryl methyl sites for hydroxylation is 1. The van der Waals surface area contributed by atoms with Crippen LogP contribution < -0.4 is 5.32 Å². The van der Waals surface area contributed by atoms with Gasteiger partial charge in [0.25, 0.3) is 5.91 Å². The van der Waals surface area contributed by atoms with Crippen LogP contribution in [0.15, 0.2) is 35.5 Å². The lowest BCUT2D eigenvalue weighted by atomic mass is 9.88.